The van der Waals surface area contributed by atoms with E-state index in [2.05, 4.69) is 58.9 Å². The first-order valence-electron chi connectivity index (χ1n) is 10.9. The Morgan fingerprint density at radius 3 is 2.79 bits per heavy atom. The fourth-order valence-corrected chi connectivity index (χ4v) is 4.60. The average Bonchev–Trinajstić information content (AvgIpc) is 3.45. The van der Waals surface area contributed by atoms with Crippen LogP contribution in [0.25, 0.3) is 21.3 Å². The quantitative estimate of drug-likeness (QED) is 0.265. The van der Waals surface area contributed by atoms with Crippen molar-refractivity contribution in [2.24, 2.45) is 0 Å². The Hall–Kier alpha value is -3.18. The van der Waals surface area contributed by atoms with Gasteiger partial charge in [0.25, 0.3) is 0 Å². The van der Waals surface area contributed by atoms with Crippen LogP contribution in [0, 0.1) is 0 Å². The minimum atomic E-state index is -0.616. The smallest absolute Gasteiger partial charge is 0.439 e. The summed E-state index contributed by atoms with van der Waals surface area (Å²) in [6.45, 7) is 5.82. The van der Waals surface area contributed by atoms with Crippen LogP contribution in [-0.4, -0.2) is 39.9 Å². The zero-order valence-electron chi connectivity index (χ0n) is 18.8. The molecule has 0 aliphatic rings. The topological polar surface area (TPSA) is 115 Å². The lowest BCUT2D eigenvalue weighted by molar-refractivity contribution is 0.314. The number of aromatic amines is 1. The summed E-state index contributed by atoms with van der Waals surface area (Å²) >= 11 is 4.91. The number of anilines is 1. The number of H-pyrrole nitrogens is 1. The van der Waals surface area contributed by atoms with Gasteiger partial charge in [0.05, 0.1) is 23.8 Å². The van der Waals surface area contributed by atoms with Crippen molar-refractivity contribution in [3.8, 4) is 32.8 Å². The van der Waals surface area contributed by atoms with Crippen LogP contribution in [0.15, 0.2) is 50.4 Å². The van der Waals surface area contributed by atoms with Crippen LogP contribution in [0.4, 0.5) is 5.82 Å². The molecule has 34 heavy (non-hydrogen) atoms. The summed E-state index contributed by atoms with van der Waals surface area (Å²) < 4.78 is 17.3. The van der Waals surface area contributed by atoms with E-state index in [1.54, 1.807) is 0 Å². The molecule has 0 fully saturated rings. The second-order valence-electron chi connectivity index (χ2n) is 7.25. The summed E-state index contributed by atoms with van der Waals surface area (Å²) in [5.74, 6) is 1.92. The van der Waals surface area contributed by atoms with Gasteiger partial charge in [-0.3, -0.25) is 9.51 Å². The third kappa shape index (κ3) is 5.84. The molecule has 0 atom stereocenters. The largest absolute Gasteiger partial charge is 0.493 e. The van der Waals surface area contributed by atoms with E-state index in [0.717, 1.165) is 39.2 Å². The molecule has 3 heterocycles. The van der Waals surface area contributed by atoms with Gasteiger partial charge in [-0.25, -0.2) is 14.8 Å². The molecule has 0 saturated carbocycles. The van der Waals surface area contributed by atoms with E-state index in [1.807, 2.05) is 31.2 Å². The van der Waals surface area contributed by atoms with Crippen molar-refractivity contribution in [3.63, 3.8) is 0 Å². The summed E-state index contributed by atoms with van der Waals surface area (Å²) in [6.07, 6.45) is 3.25. The Balaban J connectivity index is 1.48. The SMILES string of the molecule is CCCOc1cc(Br)ccc1CCNc1cc(-c2cc(OCC)c(-c3noc(=O)[nH]3)s2)ncn1. The molecule has 9 nitrogen and oxygen atoms in total. The molecule has 0 saturated heterocycles. The average molecular weight is 546 g/mol. The van der Waals surface area contributed by atoms with E-state index >= 15 is 0 Å². The number of aromatic nitrogens is 4. The molecule has 4 rings (SSSR count). The van der Waals surface area contributed by atoms with Crippen LogP contribution >= 0.6 is 27.3 Å². The number of benzene rings is 1. The van der Waals surface area contributed by atoms with Crippen molar-refractivity contribution in [2.75, 3.05) is 25.1 Å². The highest BCUT2D eigenvalue weighted by molar-refractivity contribution is 9.10. The number of thiophene rings is 1. The maximum absolute atomic E-state index is 11.4. The van der Waals surface area contributed by atoms with Gasteiger partial charge in [-0.15, -0.1) is 11.3 Å². The fourth-order valence-electron chi connectivity index (χ4n) is 3.25. The van der Waals surface area contributed by atoms with Crippen LogP contribution in [0.1, 0.15) is 25.8 Å². The molecule has 4 aromatic rings. The van der Waals surface area contributed by atoms with E-state index in [0.29, 0.717) is 42.0 Å². The molecule has 0 unspecified atom stereocenters. The number of halogens is 1. The number of hydrogen-bond donors (Lipinski definition) is 2. The Morgan fingerprint density at radius 1 is 1.15 bits per heavy atom. The van der Waals surface area contributed by atoms with E-state index in [1.165, 1.54) is 17.7 Å². The van der Waals surface area contributed by atoms with Crippen LogP contribution in [0.5, 0.6) is 11.5 Å². The standard InChI is InChI=1S/C23H24BrN5O4S/c1-3-9-32-17-10-15(24)6-5-14(17)7-8-25-20-11-16(26-13-27-20)19-12-18(31-4-2)21(34-19)22-28-23(30)33-29-22/h5-6,10-13H,3-4,7-9H2,1-2H3,(H,25,26,27)(H,28,29,30). The third-order valence-corrected chi connectivity index (χ3v) is 6.40. The molecule has 1 aromatic carbocycles. The van der Waals surface area contributed by atoms with Gasteiger partial charge in [-0.2, -0.15) is 0 Å². The van der Waals surface area contributed by atoms with E-state index in [-0.39, 0.29) is 0 Å². The molecule has 3 aromatic heterocycles. The van der Waals surface area contributed by atoms with Crippen molar-refractivity contribution in [3.05, 3.63) is 57.2 Å². The molecule has 0 spiro atoms. The van der Waals surface area contributed by atoms with Crippen LogP contribution in [0.2, 0.25) is 0 Å². The molecule has 178 valence electrons. The zero-order chi connectivity index (χ0) is 23.9. The molecular formula is C23H24BrN5O4S. The molecule has 11 heteroatoms. The van der Waals surface area contributed by atoms with Gasteiger partial charge in [0.15, 0.2) is 5.82 Å². The van der Waals surface area contributed by atoms with Crippen LogP contribution in [-0.2, 0) is 6.42 Å². The lowest BCUT2D eigenvalue weighted by atomic mass is 10.1. The van der Waals surface area contributed by atoms with Gasteiger partial charge < -0.3 is 14.8 Å². The highest BCUT2D eigenvalue weighted by atomic mass is 79.9. The highest BCUT2D eigenvalue weighted by Gasteiger charge is 2.18. The monoisotopic (exact) mass is 545 g/mol. The third-order valence-electron chi connectivity index (χ3n) is 4.76. The molecule has 0 aliphatic carbocycles. The first kappa shape index (κ1) is 24.0. The highest BCUT2D eigenvalue weighted by Crippen LogP contribution is 2.41. The lowest BCUT2D eigenvalue weighted by Crippen LogP contribution is -2.08. The molecule has 0 bridgehead atoms. The number of hydrogen-bond acceptors (Lipinski definition) is 9. The maximum atomic E-state index is 11.4. The normalized spacial score (nSPS) is 10.9. The number of nitrogens with one attached hydrogen (secondary N) is 2. The second kappa shape index (κ2) is 11.3. The van der Waals surface area contributed by atoms with Gasteiger partial charge in [-0.1, -0.05) is 34.1 Å². The molecule has 2 N–H and O–H groups in total. The summed E-state index contributed by atoms with van der Waals surface area (Å²) in [5, 5.41) is 7.15. The first-order chi connectivity index (χ1) is 16.6. The lowest BCUT2D eigenvalue weighted by Gasteiger charge is -2.12. The van der Waals surface area contributed by atoms with E-state index in [9.17, 15) is 4.79 Å². The number of ether oxygens (including phenoxy) is 2. The molecular weight excluding hydrogens is 522 g/mol. The van der Waals surface area contributed by atoms with Gasteiger partial charge in [0.2, 0.25) is 0 Å². The molecule has 0 amide bonds. The van der Waals surface area contributed by atoms with Gasteiger partial charge >= 0.3 is 5.76 Å². The maximum Gasteiger partial charge on any atom is 0.439 e. The summed E-state index contributed by atoms with van der Waals surface area (Å²) in [6, 6.07) is 9.84. The number of nitrogens with zero attached hydrogens (tertiary/aromatic N) is 3. The first-order valence-corrected chi connectivity index (χ1v) is 12.5. The summed E-state index contributed by atoms with van der Waals surface area (Å²) in [5.41, 5.74) is 1.86. The van der Waals surface area contributed by atoms with Crippen molar-refractivity contribution in [2.45, 2.75) is 26.7 Å². The summed E-state index contributed by atoms with van der Waals surface area (Å²) in [7, 11) is 0. The van der Waals surface area contributed by atoms with Gasteiger partial charge in [0.1, 0.15) is 28.5 Å². The van der Waals surface area contributed by atoms with E-state index in [4.69, 9.17) is 9.47 Å². The number of rotatable bonds is 11. The Labute approximate surface area is 208 Å². The van der Waals surface area contributed by atoms with Gasteiger partial charge in [-0.05, 0) is 37.5 Å². The Kier molecular flexibility index (Phi) is 7.96. The van der Waals surface area contributed by atoms with Crippen LogP contribution in [0.3, 0.4) is 0 Å². The minimum Gasteiger partial charge on any atom is -0.493 e. The fraction of sp³-hybridized carbons (Fsp3) is 0.304. The summed E-state index contributed by atoms with van der Waals surface area (Å²) in [4.78, 5) is 24.2. The van der Waals surface area contributed by atoms with Crippen LogP contribution < -0.4 is 20.5 Å². The molecule has 0 aliphatic heterocycles. The van der Waals surface area contributed by atoms with Gasteiger partial charge in [0, 0.05) is 23.2 Å². The Bertz CT molecular complexity index is 1300. The van der Waals surface area contributed by atoms with Crippen molar-refractivity contribution in [1.82, 2.24) is 20.1 Å². The van der Waals surface area contributed by atoms with Crippen molar-refractivity contribution >= 4 is 33.1 Å². The minimum absolute atomic E-state index is 0.327. The van der Waals surface area contributed by atoms with Crippen molar-refractivity contribution < 1.29 is 14.0 Å². The predicted molar refractivity (Wildman–Crippen MR) is 135 cm³/mol. The Morgan fingerprint density at radius 2 is 2.03 bits per heavy atom. The molecule has 0 radical (unpaired) electrons. The predicted octanol–water partition coefficient (Wildman–Crippen LogP) is 5.15. The zero-order valence-corrected chi connectivity index (χ0v) is 21.2. The second-order valence-corrected chi connectivity index (χ2v) is 9.21. The van der Waals surface area contributed by atoms with Crippen molar-refractivity contribution in [1.29, 1.82) is 0 Å². The van der Waals surface area contributed by atoms with E-state index < -0.39 is 5.76 Å².